The summed E-state index contributed by atoms with van der Waals surface area (Å²) >= 11 is 0. The zero-order valence-corrected chi connectivity index (χ0v) is 17.8. The number of aliphatic hydroxyl groups is 1. The lowest BCUT2D eigenvalue weighted by Crippen LogP contribution is -2.46. The number of anilines is 1. The molecule has 1 amide bonds. The van der Waals surface area contributed by atoms with Gasteiger partial charge in [-0.25, -0.2) is 15.0 Å². The second-order valence-corrected chi connectivity index (χ2v) is 8.57. The molecule has 1 aromatic carbocycles. The summed E-state index contributed by atoms with van der Waals surface area (Å²) < 4.78 is 0. The van der Waals surface area contributed by atoms with Gasteiger partial charge in [-0.3, -0.25) is 4.79 Å². The van der Waals surface area contributed by atoms with E-state index >= 15 is 0 Å². The molecule has 9 nitrogen and oxygen atoms in total. The third-order valence-electron chi connectivity index (χ3n) is 5.27. The topological polar surface area (TPSA) is 152 Å². The number of aliphatic imine (C=N–C) groups is 1. The predicted octanol–water partition coefficient (Wildman–Crippen LogP) is 1.44. The molecule has 1 aliphatic carbocycles. The van der Waals surface area contributed by atoms with Crippen molar-refractivity contribution in [3.63, 3.8) is 0 Å². The minimum Gasteiger partial charge on any atom is -0.394 e. The van der Waals surface area contributed by atoms with Crippen LogP contribution >= 0.6 is 0 Å². The number of amides is 1. The molecule has 30 heavy (non-hydrogen) atoms. The molecule has 0 aliphatic heterocycles. The summed E-state index contributed by atoms with van der Waals surface area (Å²) in [7, 11) is 0. The molecule has 1 fully saturated rings. The number of aromatic nitrogens is 2. The van der Waals surface area contributed by atoms with Crippen LogP contribution in [-0.4, -0.2) is 51.2 Å². The average Bonchev–Trinajstić information content (AvgIpc) is 2.69. The lowest BCUT2D eigenvalue weighted by atomic mass is 9.90. The number of rotatable bonds is 6. The van der Waals surface area contributed by atoms with Gasteiger partial charge < -0.3 is 27.2 Å². The van der Waals surface area contributed by atoms with E-state index in [0.717, 1.165) is 36.6 Å². The van der Waals surface area contributed by atoms with Crippen LogP contribution in [0.3, 0.4) is 0 Å². The second kappa shape index (κ2) is 8.83. The number of fused-ring (bicyclic) bond motifs is 1. The Labute approximate surface area is 176 Å². The van der Waals surface area contributed by atoms with Gasteiger partial charge >= 0.3 is 0 Å². The molecule has 1 heterocycles. The minimum absolute atomic E-state index is 0.00394. The van der Waals surface area contributed by atoms with Gasteiger partial charge in [0.15, 0.2) is 5.96 Å². The van der Waals surface area contributed by atoms with Crippen LogP contribution in [-0.2, 0) is 0 Å². The summed E-state index contributed by atoms with van der Waals surface area (Å²) in [5.74, 6) is 0.260. The van der Waals surface area contributed by atoms with Crippen LogP contribution in [0.25, 0.3) is 10.9 Å². The fourth-order valence-electron chi connectivity index (χ4n) is 3.66. The Morgan fingerprint density at radius 3 is 2.70 bits per heavy atom. The minimum atomic E-state index is -0.780. The zero-order chi connectivity index (χ0) is 21.9. The highest BCUT2D eigenvalue weighted by molar-refractivity contribution is 5.97. The molecule has 0 saturated heterocycles. The monoisotopic (exact) mass is 413 g/mol. The molecule has 2 atom stereocenters. The summed E-state index contributed by atoms with van der Waals surface area (Å²) in [6.45, 7) is 5.27. The number of carbonyl (C=O) groups excluding carboxylic acids is 1. The van der Waals surface area contributed by atoms with Crippen molar-refractivity contribution < 1.29 is 9.90 Å². The van der Waals surface area contributed by atoms with Crippen LogP contribution in [0.15, 0.2) is 23.2 Å². The van der Waals surface area contributed by atoms with E-state index in [-0.39, 0.29) is 30.5 Å². The van der Waals surface area contributed by atoms with Crippen LogP contribution in [0.2, 0.25) is 0 Å². The third-order valence-corrected chi connectivity index (χ3v) is 5.27. The maximum absolute atomic E-state index is 12.8. The molecule has 1 aromatic heterocycles. The molecule has 0 spiro atoms. The van der Waals surface area contributed by atoms with Gasteiger partial charge in [0, 0.05) is 5.39 Å². The van der Waals surface area contributed by atoms with Gasteiger partial charge in [-0.2, -0.15) is 0 Å². The van der Waals surface area contributed by atoms with Gasteiger partial charge in [0.25, 0.3) is 5.91 Å². The summed E-state index contributed by atoms with van der Waals surface area (Å²) in [6, 6.07) is 5.77. The lowest BCUT2D eigenvalue weighted by molar-refractivity contribution is 0.0859. The molecule has 1 aliphatic rings. The Morgan fingerprint density at radius 2 is 2.00 bits per heavy atom. The van der Waals surface area contributed by atoms with Crippen molar-refractivity contribution in [2.24, 2.45) is 16.5 Å². The molecule has 162 valence electrons. The largest absolute Gasteiger partial charge is 0.394 e. The maximum atomic E-state index is 12.8. The maximum Gasteiger partial charge on any atom is 0.289 e. The number of aryl methyl sites for hydroxylation is 1. The first-order valence-electron chi connectivity index (χ1n) is 10.3. The van der Waals surface area contributed by atoms with Gasteiger partial charge in [0.05, 0.1) is 29.7 Å². The Morgan fingerprint density at radius 1 is 1.27 bits per heavy atom. The van der Waals surface area contributed by atoms with Crippen LogP contribution < -0.4 is 22.1 Å². The highest BCUT2D eigenvalue weighted by Gasteiger charge is 2.27. The Hall–Kier alpha value is -2.94. The Bertz CT molecular complexity index is 954. The normalized spacial score (nSPS) is 19.3. The van der Waals surface area contributed by atoms with Crippen molar-refractivity contribution in [2.45, 2.75) is 64.1 Å². The first-order valence-corrected chi connectivity index (χ1v) is 10.3. The summed E-state index contributed by atoms with van der Waals surface area (Å²) in [5.41, 5.74) is 12.2. The molecule has 7 N–H and O–H groups in total. The van der Waals surface area contributed by atoms with Crippen LogP contribution in [0.5, 0.6) is 0 Å². The average molecular weight is 414 g/mol. The van der Waals surface area contributed by atoms with E-state index in [2.05, 4.69) is 25.6 Å². The van der Waals surface area contributed by atoms with Crippen LogP contribution in [0.4, 0.5) is 5.82 Å². The highest BCUT2D eigenvalue weighted by Crippen LogP contribution is 2.28. The van der Waals surface area contributed by atoms with Crippen molar-refractivity contribution in [1.82, 2.24) is 15.3 Å². The first kappa shape index (κ1) is 21.8. The fourth-order valence-corrected chi connectivity index (χ4v) is 3.66. The summed E-state index contributed by atoms with van der Waals surface area (Å²) in [6.07, 6.45) is 3.91. The highest BCUT2D eigenvalue weighted by atomic mass is 16.3. The predicted molar refractivity (Wildman–Crippen MR) is 118 cm³/mol. The Kier molecular flexibility index (Phi) is 6.40. The molecule has 2 aromatic rings. The van der Waals surface area contributed by atoms with Crippen LogP contribution in [0, 0.1) is 6.92 Å². The molecule has 9 heteroatoms. The van der Waals surface area contributed by atoms with E-state index in [1.807, 2.05) is 25.1 Å². The lowest BCUT2D eigenvalue weighted by Gasteiger charge is -2.30. The van der Waals surface area contributed by atoms with Gasteiger partial charge in [0.2, 0.25) is 5.82 Å². The van der Waals surface area contributed by atoms with Gasteiger partial charge in [0.1, 0.15) is 5.82 Å². The molecule has 1 saturated carbocycles. The molecule has 0 unspecified atom stereocenters. The van der Waals surface area contributed by atoms with Gasteiger partial charge in [-0.05, 0) is 45.7 Å². The molecular formula is C21H31N7O2. The Balaban J connectivity index is 2.00. The van der Waals surface area contributed by atoms with Crippen molar-refractivity contribution in [3.05, 3.63) is 29.6 Å². The van der Waals surface area contributed by atoms with E-state index < -0.39 is 11.4 Å². The molecule has 3 rings (SSSR count). The molecule has 0 bridgehead atoms. The second-order valence-electron chi connectivity index (χ2n) is 8.57. The van der Waals surface area contributed by atoms with E-state index in [1.165, 1.54) is 0 Å². The van der Waals surface area contributed by atoms with Crippen molar-refractivity contribution in [2.75, 3.05) is 11.9 Å². The van der Waals surface area contributed by atoms with Crippen molar-refractivity contribution in [3.8, 4) is 0 Å². The van der Waals surface area contributed by atoms with Crippen molar-refractivity contribution >= 4 is 28.6 Å². The van der Waals surface area contributed by atoms with Gasteiger partial charge in [-0.1, -0.05) is 24.5 Å². The number of nitrogens with zero attached hydrogens (tertiary/aromatic N) is 3. The standard InChI is InChI=1S/C21H31N7O2/c1-12-8-9-14-13(10-12)17(25-15-6-4-5-7-16(15)26-20(22)23)27-18(24-14)19(30)28-21(2,3)11-29/h8-10,15-16,29H,4-7,11H2,1-3H3,(H,28,30)(H4,22,23,26)(H,24,25,27)/t15-,16+/m0/s1. The number of guanidine groups is 1. The smallest absolute Gasteiger partial charge is 0.289 e. The van der Waals surface area contributed by atoms with Crippen molar-refractivity contribution in [1.29, 1.82) is 0 Å². The SMILES string of the molecule is Cc1ccc2nc(C(=O)NC(C)(C)CO)nc(N[C@H]3CCCC[C@H]3N=C(N)N)c2c1. The molecular weight excluding hydrogens is 382 g/mol. The number of carbonyl (C=O) groups is 1. The first-order chi connectivity index (χ1) is 14.2. The number of aliphatic hydroxyl groups excluding tert-OH is 1. The summed E-state index contributed by atoms with van der Waals surface area (Å²) in [5, 5.41) is 16.5. The van der Waals surface area contributed by atoms with Gasteiger partial charge in [-0.15, -0.1) is 0 Å². The van der Waals surface area contributed by atoms with E-state index in [4.69, 9.17) is 11.5 Å². The fraction of sp³-hybridized carbons (Fsp3) is 0.524. The summed E-state index contributed by atoms with van der Waals surface area (Å²) in [4.78, 5) is 26.1. The number of benzene rings is 1. The van der Waals surface area contributed by atoms with E-state index in [1.54, 1.807) is 13.8 Å². The number of hydrogen-bond acceptors (Lipinski definition) is 6. The number of nitrogens with one attached hydrogen (secondary N) is 2. The quantitative estimate of drug-likeness (QED) is 0.355. The van der Waals surface area contributed by atoms with E-state index in [0.29, 0.717) is 11.3 Å². The third kappa shape index (κ3) is 5.15. The zero-order valence-electron chi connectivity index (χ0n) is 17.8. The number of hydrogen-bond donors (Lipinski definition) is 5. The number of nitrogens with two attached hydrogens (primary N) is 2. The molecule has 0 radical (unpaired) electrons. The van der Waals surface area contributed by atoms with E-state index in [9.17, 15) is 9.90 Å². The van der Waals surface area contributed by atoms with Crippen LogP contribution in [0.1, 0.15) is 55.7 Å².